The molecule has 2 aromatic rings. The molecule has 1 aliphatic carbocycles. The van der Waals surface area contributed by atoms with Crippen LogP contribution < -0.4 is 5.32 Å². The van der Waals surface area contributed by atoms with Crippen LogP contribution in [-0.4, -0.2) is 6.04 Å². The first-order valence-electron chi connectivity index (χ1n) is 6.90. The Kier molecular flexibility index (Phi) is 4.37. The number of hydrogen-bond acceptors (Lipinski definition) is 2. The van der Waals surface area contributed by atoms with Crippen molar-refractivity contribution in [1.29, 1.82) is 0 Å². The molecule has 1 heterocycles. The summed E-state index contributed by atoms with van der Waals surface area (Å²) in [5.41, 5.74) is 2.68. The van der Waals surface area contributed by atoms with Gasteiger partial charge in [-0.1, -0.05) is 35.3 Å². The van der Waals surface area contributed by atoms with Crippen molar-refractivity contribution in [2.24, 2.45) is 0 Å². The van der Waals surface area contributed by atoms with Gasteiger partial charge in [0.1, 0.15) is 0 Å². The van der Waals surface area contributed by atoms with Gasteiger partial charge in [-0.05, 0) is 55.5 Å². The van der Waals surface area contributed by atoms with Crippen LogP contribution in [0.15, 0.2) is 30.3 Å². The largest absolute Gasteiger partial charge is 0.307 e. The van der Waals surface area contributed by atoms with Gasteiger partial charge in [-0.15, -0.1) is 11.3 Å². The topological polar surface area (TPSA) is 12.0 Å². The first kappa shape index (κ1) is 14.4. The highest BCUT2D eigenvalue weighted by Crippen LogP contribution is 2.39. The number of fused-ring (bicyclic) bond motifs is 1. The fourth-order valence-electron chi connectivity index (χ4n) is 2.92. The summed E-state index contributed by atoms with van der Waals surface area (Å²) in [5, 5.41) is 4.53. The number of nitrogens with one attached hydrogen (secondary N) is 1. The molecule has 4 heteroatoms. The highest BCUT2D eigenvalue weighted by molar-refractivity contribution is 7.16. The van der Waals surface area contributed by atoms with Crippen LogP contribution in [0.2, 0.25) is 9.36 Å². The maximum Gasteiger partial charge on any atom is 0.0934 e. The minimum atomic E-state index is 0.420. The maximum atomic E-state index is 6.10. The Bertz CT molecular complexity index is 608. The van der Waals surface area contributed by atoms with Crippen molar-refractivity contribution < 1.29 is 0 Å². The van der Waals surface area contributed by atoms with Crippen LogP contribution in [0.1, 0.15) is 35.4 Å². The lowest BCUT2D eigenvalue weighted by Gasteiger charge is -2.20. The molecule has 0 amide bonds. The third kappa shape index (κ3) is 3.20. The first-order valence-corrected chi connectivity index (χ1v) is 8.47. The van der Waals surface area contributed by atoms with Crippen LogP contribution in [0.25, 0.3) is 0 Å². The lowest BCUT2D eigenvalue weighted by molar-refractivity contribution is 0.451. The van der Waals surface area contributed by atoms with Gasteiger partial charge in [0, 0.05) is 22.0 Å². The van der Waals surface area contributed by atoms with Crippen molar-refractivity contribution in [2.45, 2.75) is 38.3 Å². The molecule has 106 valence electrons. The molecule has 1 nitrogen and oxygen atoms in total. The van der Waals surface area contributed by atoms with Crippen LogP contribution in [0.3, 0.4) is 0 Å². The van der Waals surface area contributed by atoms with E-state index in [2.05, 4.69) is 24.4 Å². The summed E-state index contributed by atoms with van der Waals surface area (Å²) in [5.74, 6) is 0. The Morgan fingerprint density at radius 3 is 3.00 bits per heavy atom. The third-order valence-electron chi connectivity index (χ3n) is 3.76. The maximum absolute atomic E-state index is 6.10. The molecule has 1 aliphatic rings. The fraction of sp³-hybridized carbons (Fsp3) is 0.375. The van der Waals surface area contributed by atoms with E-state index in [9.17, 15) is 0 Å². The summed E-state index contributed by atoms with van der Waals surface area (Å²) in [6, 6.07) is 11.1. The van der Waals surface area contributed by atoms with E-state index in [0.717, 1.165) is 22.2 Å². The molecule has 2 atom stereocenters. The fourth-order valence-corrected chi connectivity index (χ4v) is 4.49. The summed E-state index contributed by atoms with van der Waals surface area (Å²) in [7, 11) is 0. The van der Waals surface area contributed by atoms with E-state index in [4.69, 9.17) is 23.2 Å². The zero-order valence-corrected chi connectivity index (χ0v) is 13.7. The van der Waals surface area contributed by atoms with Gasteiger partial charge < -0.3 is 5.32 Å². The molecule has 20 heavy (non-hydrogen) atoms. The molecule has 0 saturated heterocycles. The number of halogens is 2. The third-order valence-corrected chi connectivity index (χ3v) is 5.34. The quantitative estimate of drug-likeness (QED) is 0.808. The van der Waals surface area contributed by atoms with E-state index >= 15 is 0 Å². The van der Waals surface area contributed by atoms with E-state index in [-0.39, 0.29) is 0 Å². The van der Waals surface area contributed by atoms with Gasteiger partial charge in [0.2, 0.25) is 0 Å². The van der Waals surface area contributed by atoms with Crippen molar-refractivity contribution in [2.75, 3.05) is 0 Å². The number of hydrogen-bond donors (Lipinski definition) is 1. The van der Waals surface area contributed by atoms with Gasteiger partial charge in [0.15, 0.2) is 0 Å². The van der Waals surface area contributed by atoms with E-state index < -0.39 is 0 Å². The normalized spacial score (nSPS) is 19.1. The highest BCUT2D eigenvalue weighted by Gasteiger charge is 2.25. The van der Waals surface area contributed by atoms with Crippen molar-refractivity contribution in [1.82, 2.24) is 5.32 Å². The second-order valence-electron chi connectivity index (χ2n) is 5.42. The Labute approximate surface area is 133 Å². The van der Waals surface area contributed by atoms with Crippen molar-refractivity contribution in [3.63, 3.8) is 0 Å². The molecule has 0 bridgehead atoms. The molecule has 1 aromatic carbocycles. The molecule has 2 unspecified atom stereocenters. The zero-order chi connectivity index (χ0) is 14.1. The van der Waals surface area contributed by atoms with Crippen LogP contribution in [-0.2, 0) is 12.8 Å². The average Bonchev–Trinajstić information content (AvgIpc) is 2.90. The molecule has 1 aromatic heterocycles. The Morgan fingerprint density at radius 1 is 1.35 bits per heavy atom. The van der Waals surface area contributed by atoms with Crippen LogP contribution >= 0.6 is 34.5 Å². The molecule has 0 radical (unpaired) electrons. The molecular formula is C16H17Cl2NS. The predicted molar refractivity (Wildman–Crippen MR) is 88.1 cm³/mol. The lowest BCUT2D eigenvalue weighted by atomic mass is 10.1. The highest BCUT2D eigenvalue weighted by atomic mass is 35.5. The smallest absolute Gasteiger partial charge is 0.0934 e. The second kappa shape index (κ2) is 6.07. The van der Waals surface area contributed by atoms with E-state index in [0.29, 0.717) is 12.1 Å². The van der Waals surface area contributed by atoms with E-state index in [1.807, 2.05) is 18.2 Å². The minimum Gasteiger partial charge on any atom is -0.307 e. The number of benzene rings is 1. The van der Waals surface area contributed by atoms with Crippen LogP contribution in [0.4, 0.5) is 0 Å². The van der Waals surface area contributed by atoms with Crippen LogP contribution in [0, 0.1) is 0 Å². The Balaban J connectivity index is 1.64. The SMILES string of the molecule is CC(Cc1cccc(Cl)c1)NC1CCc2sc(Cl)cc21. The Hall–Kier alpha value is -0.540. The average molecular weight is 326 g/mol. The summed E-state index contributed by atoms with van der Waals surface area (Å²) < 4.78 is 0.906. The second-order valence-corrected chi connectivity index (χ2v) is 7.63. The standard InChI is InChI=1S/C16H17Cl2NS/c1-10(7-11-3-2-4-12(17)8-11)19-14-5-6-15-13(14)9-16(18)20-15/h2-4,8-10,14,19H,5-7H2,1H3. The zero-order valence-electron chi connectivity index (χ0n) is 11.3. The molecule has 0 fully saturated rings. The van der Waals surface area contributed by atoms with Gasteiger partial charge in [0.25, 0.3) is 0 Å². The molecule has 0 aliphatic heterocycles. The minimum absolute atomic E-state index is 0.420. The lowest BCUT2D eigenvalue weighted by Crippen LogP contribution is -2.31. The summed E-state index contributed by atoms with van der Waals surface area (Å²) in [4.78, 5) is 1.45. The van der Waals surface area contributed by atoms with Gasteiger partial charge in [-0.3, -0.25) is 0 Å². The van der Waals surface area contributed by atoms with Crippen LogP contribution in [0.5, 0.6) is 0 Å². The molecule has 0 spiro atoms. The summed E-state index contributed by atoms with van der Waals surface area (Å²) in [6.07, 6.45) is 3.32. The number of thiophene rings is 1. The van der Waals surface area contributed by atoms with Crippen molar-refractivity contribution >= 4 is 34.5 Å². The van der Waals surface area contributed by atoms with Crippen molar-refractivity contribution in [3.05, 3.63) is 55.7 Å². The van der Waals surface area contributed by atoms with Gasteiger partial charge in [-0.2, -0.15) is 0 Å². The molecule has 0 saturated carbocycles. The summed E-state index contributed by atoms with van der Waals surface area (Å²) in [6.45, 7) is 2.23. The first-order chi connectivity index (χ1) is 9.61. The predicted octanol–water partition coefficient (Wildman–Crippen LogP) is 5.26. The number of rotatable bonds is 4. The Morgan fingerprint density at radius 2 is 2.20 bits per heavy atom. The van der Waals surface area contributed by atoms with Gasteiger partial charge in [0.05, 0.1) is 4.34 Å². The van der Waals surface area contributed by atoms with Crippen molar-refractivity contribution in [3.8, 4) is 0 Å². The van der Waals surface area contributed by atoms with Gasteiger partial charge in [-0.25, -0.2) is 0 Å². The molecule has 3 rings (SSSR count). The number of aryl methyl sites for hydroxylation is 1. The summed E-state index contributed by atoms with van der Waals surface area (Å²) >= 11 is 13.9. The monoisotopic (exact) mass is 325 g/mol. The molecular weight excluding hydrogens is 309 g/mol. The van der Waals surface area contributed by atoms with E-state index in [1.54, 1.807) is 11.3 Å². The van der Waals surface area contributed by atoms with Gasteiger partial charge >= 0.3 is 0 Å². The molecule has 1 N–H and O–H groups in total. The van der Waals surface area contributed by atoms with E-state index in [1.165, 1.54) is 22.4 Å².